The van der Waals surface area contributed by atoms with Crippen LogP contribution < -0.4 is 10.1 Å². The Bertz CT molecular complexity index is 1540. The molecule has 2 N–H and O–H groups in total. The lowest BCUT2D eigenvalue weighted by molar-refractivity contribution is 0.0342. The molecule has 1 aliphatic carbocycles. The van der Waals surface area contributed by atoms with Crippen LogP contribution in [0.1, 0.15) is 47.6 Å². The zero-order valence-corrected chi connectivity index (χ0v) is 23.1. The van der Waals surface area contributed by atoms with Gasteiger partial charge in [0.25, 0.3) is 5.91 Å². The molecule has 1 aliphatic heterocycles. The molecule has 2 fully saturated rings. The molecule has 3 heterocycles. The number of amides is 1. The molecular weight excluding hydrogens is 525 g/mol. The lowest BCUT2D eigenvalue weighted by atomic mass is 9.93. The first-order valence-corrected chi connectivity index (χ1v) is 14.1. The van der Waals surface area contributed by atoms with E-state index in [4.69, 9.17) is 14.5 Å². The number of benzene rings is 2. The second-order valence-corrected chi connectivity index (χ2v) is 10.7. The molecule has 41 heavy (non-hydrogen) atoms. The van der Waals surface area contributed by atoms with Crippen LogP contribution in [0.5, 0.6) is 5.75 Å². The molecule has 4 aromatic rings. The van der Waals surface area contributed by atoms with Gasteiger partial charge in [-0.2, -0.15) is 0 Å². The molecule has 2 aromatic heterocycles. The number of halogens is 1. The molecule has 0 spiro atoms. The first-order valence-electron chi connectivity index (χ1n) is 14.1. The number of nitrogens with zero attached hydrogens (tertiary/aromatic N) is 4. The molecule has 214 valence electrons. The average molecular weight is 560 g/mol. The van der Waals surface area contributed by atoms with Crippen molar-refractivity contribution in [3.8, 4) is 17.0 Å². The fraction of sp³-hybridized carbons (Fsp3) is 0.387. The highest BCUT2D eigenvalue weighted by molar-refractivity contribution is 6.05. The van der Waals surface area contributed by atoms with Crippen molar-refractivity contribution in [1.82, 2.24) is 19.4 Å². The molecule has 1 saturated heterocycles. The number of aliphatic hydroxyl groups is 1. The second-order valence-electron chi connectivity index (χ2n) is 10.7. The maximum atomic E-state index is 15.8. The molecule has 10 heteroatoms. The maximum Gasteiger partial charge on any atom is 0.261 e. The predicted molar refractivity (Wildman–Crippen MR) is 153 cm³/mol. The number of rotatable bonds is 7. The number of para-hydroxylation sites is 1. The van der Waals surface area contributed by atoms with Gasteiger partial charge in [-0.3, -0.25) is 20.0 Å². The van der Waals surface area contributed by atoms with Gasteiger partial charge in [0.05, 0.1) is 43.0 Å². The lowest BCUT2D eigenvalue weighted by Crippen LogP contribution is -2.35. The molecule has 1 amide bonds. The zero-order valence-electron chi connectivity index (χ0n) is 23.1. The number of fused-ring (bicyclic) bond motifs is 1. The number of aliphatic hydroxyl groups excluding tert-OH is 1. The summed E-state index contributed by atoms with van der Waals surface area (Å²) in [5.41, 5.74) is 3.16. The van der Waals surface area contributed by atoms with Crippen LogP contribution in [0, 0.1) is 5.82 Å². The molecular formula is C31H34FN5O4. The van der Waals surface area contributed by atoms with Crippen molar-refractivity contribution in [2.45, 2.75) is 44.4 Å². The summed E-state index contributed by atoms with van der Waals surface area (Å²) < 4.78 is 28.7. The molecule has 6 rings (SSSR count). The number of hydrogen-bond donors (Lipinski definition) is 2. The SMILES string of the molecule is COc1ccccc1-c1nccc(C(=O)Nc2nc3cc(CN4CCOCC4)ccc3n2C2CCC(O)CC2)c1F. The van der Waals surface area contributed by atoms with Gasteiger partial charge >= 0.3 is 0 Å². The van der Waals surface area contributed by atoms with Gasteiger partial charge in [0.2, 0.25) is 5.95 Å². The Hall–Kier alpha value is -3.86. The van der Waals surface area contributed by atoms with Crippen LogP contribution in [0.25, 0.3) is 22.3 Å². The number of methoxy groups -OCH3 is 1. The van der Waals surface area contributed by atoms with E-state index < -0.39 is 11.7 Å². The van der Waals surface area contributed by atoms with E-state index in [0.717, 1.165) is 62.3 Å². The van der Waals surface area contributed by atoms with Crippen LogP contribution in [0.4, 0.5) is 10.3 Å². The summed E-state index contributed by atoms with van der Waals surface area (Å²) in [6.07, 6.45) is 3.96. The van der Waals surface area contributed by atoms with Gasteiger partial charge in [-0.05, 0) is 61.6 Å². The number of carbonyl (C=O) groups excluding carboxylic acids is 1. The van der Waals surface area contributed by atoms with Gasteiger partial charge in [-0.25, -0.2) is 9.37 Å². The van der Waals surface area contributed by atoms with Gasteiger partial charge in [0, 0.05) is 37.4 Å². The van der Waals surface area contributed by atoms with Gasteiger partial charge in [-0.1, -0.05) is 18.2 Å². The molecule has 9 nitrogen and oxygen atoms in total. The minimum Gasteiger partial charge on any atom is -0.496 e. The molecule has 0 unspecified atom stereocenters. The van der Waals surface area contributed by atoms with E-state index in [9.17, 15) is 9.90 Å². The second kappa shape index (κ2) is 11.9. The topological polar surface area (TPSA) is 102 Å². The normalized spacial score (nSPS) is 19.8. The van der Waals surface area contributed by atoms with Crippen molar-refractivity contribution in [3.05, 3.63) is 71.7 Å². The summed E-state index contributed by atoms with van der Waals surface area (Å²) in [6.45, 7) is 4.01. The summed E-state index contributed by atoms with van der Waals surface area (Å²) in [7, 11) is 1.51. The van der Waals surface area contributed by atoms with E-state index in [1.807, 2.05) is 10.6 Å². The van der Waals surface area contributed by atoms with Gasteiger partial charge in [0.1, 0.15) is 11.4 Å². The Morgan fingerprint density at radius 1 is 1.12 bits per heavy atom. The third-order valence-electron chi connectivity index (χ3n) is 8.02. The first-order chi connectivity index (χ1) is 20.0. The van der Waals surface area contributed by atoms with E-state index in [-0.39, 0.29) is 23.4 Å². The smallest absolute Gasteiger partial charge is 0.261 e. The molecule has 2 aliphatic rings. The third-order valence-corrected chi connectivity index (χ3v) is 8.02. The zero-order chi connectivity index (χ0) is 28.3. The van der Waals surface area contributed by atoms with Crippen LogP contribution in [0.3, 0.4) is 0 Å². The molecule has 0 atom stereocenters. The number of morpholine rings is 1. The van der Waals surface area contributed by atoms with Crippen LogP contribution >= 0.6 is 0 Å². The third kappa shape index (κ3) is 5.68. The van der Waals surface area contributed by atoms with E-state index in [1.165, 1.54) is 19.4 Å². The summed E-state index contributed by atoms with van der Waals surface area (Å²) in [5.74, 6) is -0.511. The Balaban J connectivity index is 1.34. The Morgan fingerprint density at radius 2 is 1.90 bits per heavy atom. The molecule has 0 bridgehead atoms. The van der Waals surface area contributed by atoms with Crippen molar-refractivity contribution in [2.75, 3.05) is 38.7 Å². The van der Waals surface area contributed by atoms with E-state index >= 15 is 4.39 Å². The van der Waals surface area contributed by atoms with Gasteiger partial charge < -0.3 is 19.1 Å². The summed E-state index contributed by atoms with van der Waals surface area (Å²) in [5, 5.41) is 13.0. The van der Waals surface area contributed by atoms with Crippen LogP contribution in [0.2, 0.25) is 0 Å². The maximum absolute atomic E-state index is 15.8. The number of aromatic nitrogens is 3. The number of ether oxygens (including phenoxy) is 2. The highest BCUT2D eigenvalue weighted by Gasteiger charge is 2.27. The predicted octanol–water partition coefficient (Wildman–Crippen LogP) is 4.81. The highest BCUT2D eigenvalue weighted by atomic mass is 19.1. The highest BCUT2D eigenvalue weighted by Crippen LogP contribution is 2.36. The summed E-state index contributed by atoms with van der Waals surface area (Å²) in [6, 6.07) is 14.6. The lowest BCUT2D eigenvalue weighted by Gasteiger charge is -2.28. The Morgan fingerprint density at radius 3 is 2.68 bits per heavy atom. The van der Waals surface area contributed by atoms with Crippen LogP contribution in [-0.4, -0.2) is 70.0 Å². The quantitative estimate of drug-likeness (QED) is 0.335. The van der Waals surface area contributed by atoms with Crippen molar-refractivity contribution in [2.24, 2.45) is 0 Å². The van der Waals surface area contributed by atoms with Crippen LogP contribution in [0.15, 0.2) is 54.7 Å². The minimum absolute atomic E-state index is 0.0395. The number of nitrogens with one attached hydrogen (secondary N) is 1. The van der Waals surface area contributed by atoms with Crippen molar-refractivity contribution in [1.29, 1.82) is 0 Å². The van der Waals surface area contributed by atoms with Crippen molar-refractivity contribution in [3.63, 3.8) is 0 Å². The fourth-order valence-corrected chi connectivity index (χ4v) is 5.85. The summed E-state index contributed by atoms with van der Waals surface area (Å²) >= 11 is 0. The standard InChI is InChI=1S/C31H34FN5O4/c1-40-27-5-3-2-4-23(27)29-28(32)24(12-13-33-29)30(39)35-31-34-25-18-20(19-36-14-16-41-17-15-36)6-11-26(25)37(31)21-7-9-22(38)10-8-21/h2-6,11-13,18,21-22,38H,7-10,14-17,19H2,1H3,(H,34,35,39). The first kappa shape index (κ1) is 27.3. The largest absolute Gasteiger partial charge is 0.496 e. The number of anilines is 1. The van der Waals surface area contributed by atoms with E-state index in [0.29, 0.717) is 30.1 Å². The minimum atomic E-state index is -0.731. The number of pyridine rings is 1. The average Bonchev–Trinajstić information content (AvgIpc) is 3.35. The van der Waals surface area contributed by atoms with Crippen molar-refractivity contribution >= 4 is 22.9 Å². The molecule has 2 aromatic carbocycles. The summed E-state index contributed by atoms with van der Waals surface area (Å²) in [4.78, 5) is 24.9. The fourth-order valence-electron chi connectivity index (χ4n) is 5.85. The van der Waals surface area contributed by atoms with E-state index in [2.05, 4.69) is 27.3 Å². The molecule has 0 radical (unpaired) electrons. The van der Waals surface area contributed by atoms with Gasteiger partial charge in [-0.15, -0.1) is 0 Å². The van der Waals surface area contributed by atoms with Gasteiger partial charge in [0.15, 0.2) is 5.82 Å². The van der Waals surface area contributed by atoms with Crippen molar-refractivity contribution < 1.29 is 23.8 Å². The Labute approximate surface area is 237 Å². The Kier molecular flexibility index (Phi) is 7.95. The molecule has 1 saturated carbocycles. The number of hydrogen-bond acceptors (Lipinski definition) is 7. The van der Waals surface area contributed by atoms with E-state index in [1.54, 1.807) is 24.3 Å². The monoisotopic (exact) mass is 559 g/mol. The number of carbonyl (C=O) groups is 1. The number of imidazole rings is 1. The van der Waals surface area contributed by atoms with Crippen LogP contribution in [-0.2, 0) is 11.3 Å².